The third kappa shape index (κ3) is 4.54. The summed E-state index contributed by atoms with van der Waals surface area (Å²) < 4.78 is 29.5. The third-order valence-electron chi connectivity index (χ3n) is 6.84. The molecule has 0 bridgehead atoms. The fourth-order valence-electron chi connectivity index (χ4n) is 4.90. The van der Waals surface area contributed by atoms with E-state index in [9.17, 15) is 13.2 Å². The van der Waals surface area contributed by atoms with Crippen LogP contribution in [0.3, 0.4) is 0 Å². The fraction of sp³-hybridized carbons (Fsp3) is 0.214. The van der Waals surface area contributed by atoms with Crippen molar-refractivity contribution in [3.05, 3.63) is 89.4 Å². The Morgan fingerprint density at radius 3 is 2.54 bits per heavy atom. The lowest BCUT2D eigenvalue weighted by Crippen LogP contribution is -2.29. The van der Waals surface area contributed by atoms with E-state index in [1.807, 2.05) is 64.8 Å². The maximum atomic E-state index is 13.3. The molecule has 9 heteroatoms. The van der Waals surface area contributed by atoms with E-state index in [1.165, 1.54) is 4.31 Å². The standard InChI is InChI=1S/C28H26N4O3S2/c33-27(31-17-14-21-10-12-24(19-25(21)31)37(34,35)30-15-4-5-16-30)13-11-22-20-32(23-7-2-1-3-8-23)29-28(22)26-9-6-18-36-26/h1-3,6-13,18-20H,4-5,14-17H2/b13-11+. The van der Waals surface area contributed by atoms with Gasteiger partial charge in [-0.05, 0) is 66.6 Å². The number of amides is 1. The zero-order chi connectivity index (χ0) is 25.4. The van der Waals surface area contributed by atoms with E-state index >= 15 is 0 Å². The zero-order valence-electron chi connectivity index (χ0n) is 20.2. The highest BCUT2D eigenvalue weighted by Crippen LogP contribution is 2.33. The van der Waals surface area contributed by atoms with Crippen LogP contribution in [0.2, 0.25) is 0 Å². The van der Waals surface area contributed by atoms with E-state index in [0.29, 0.717) is 31.7 Å². The normalized spacial score (nSPS) is 16.1. The highest BCUT2D eigenvalue weighted by Gasteiger charge is 2.30. The number of hydrogen-bond donors (Lipinski definition) is 0. The van der Waals surface area contributed by atoms with Crippen molar-refractivity contribution in [1.29, 1.82) is 0 Å². The molecule has 6 rings (SSSR count). The van der Waals surface area contributed by atoms with Crippen molar-refractivity contribution in [3.8, 4) is 16.3 Å². The lowest BCUT2D eigenvalue weighted by Gasteiger charge is -2.19. The Morgan fingerprint density at radius 2 is 1.78 bits per heavy atom. The molecular formula is C28H26N4O3S2. The number of nitrogens with zero attached hydrogens (tertiary/aromatic N) is 4. The minimum atomic E-state index is -3.55. The third-order valence-corrected chi connectivity index (χ3v) is 9.62. The van der Waals surface area contributed by atoms with E-state index in [0.717, 1.165) is 40.2 Å². The van der Waals surface area contributed by atoms with E-state index in [4.69, 9.17) is 5.10 Å². The van der Waals surface area contributed by atoms with Crippen LogP contribution >= 0.6 is 11.3 Å². The molecule has 2 aliphatic heterocycles. The molecule has 0 saturated carbocycles. The number of hydrogen-bond acceptors (Lipinski definition) is 5. The molecule has 2 aliphatic rings. The minimum Gasteiger partial charge on any atom is -0.308 e. The van der Waals surface area contributed by atoms with Gasteiger partial charge in [0.15, 0.2) is 0 Å². The summed E-state index contributed by atoms with van der Waals surface area (Å²) in [5, 5.41) is 6.79. The number of fused-ring (bicyclic) bond motifs is 1. The van der Waals surface area contributed by atoms with Gasteiger partial charge < -0.3 is 4.90 Å². The van der Waals surface area contributed by atoms with Crippen molar-refractivity contribution in [2.75, 3.05) is 24.5 Å². The summed E-state index contributed by atoms with van der Waals surface area (Å²) in [6.07, 6.45) is 7.74. The second-order valence-corrected chi connectivity index (χ2v) is 12.1. The summed E-state index contributed by atoms with van der Waals surface area (Å²) in [6.45, 7) is 1.62. The molecule has 0 aliphatic carbocycles. The van der Waals surface area contributed by atoms with Gasteiger partial charge in [0.1, 0.15) is 5.69 Å². The summed E-state index contributed by atoms with van der Waals surface area (Å²) in [5.41, 5.74) is 4.24. The average molecular weight is 531 g/mol. The number of benzene rings is 2. The maximum Gasteiger partial charge on any atom is 0.251 e. The Morgan fingerprint density at radius 1 is 0.973 bits per heavy atom. The molecule has 1 fully saturated rings. The van der Waals surface area contributed by atoms with Crippen LogP contribution in [0.15, 0.2) is 83.2 Å². The smallest absolute Gasteiger partial charge is 0.251 e. The minimum absolute atomic E-state index is 0.181. The van der Waals surface area contributed by atoms with Crippen LogP contribution in [0.5, 0.6) is 0 Å². The average Bonchev–Trinajstić information content (AvgIpc) is 3.74. The number of aromatic nitrogens is 2. The summed E-state index contributed by atoms with van der Waals surface area (Å²) in [7, 11) is -3.55. The number of para-hydroxylation sites is 1. The molecule has 1 amide bonds. The van der Waals surface area contributed by atoms with E-state index in [2.05, 4.69) is 0 Å². The predicted octanol–water partition coefficient (Wildman–Crippen LogP) is 4.99. The van der Waals surface area contributed by atoms with Crippen LogP contribution in [0.25, 0.3) is 22.3 Å². The summed E-state index contributed by atoms with van der Waals surface area (Å²) in [5.74, 6) is -0.181. The predicted molar refractivity (Wildman–Crippen MR) is 146 cm³/mol. The topological polar surface area (TPSA) is 75.5 Å². The van der Waals surface area contributed by atoms with Crippen molar-refractivity contribution in [2.45, 2.75) is 24.2 Å². The summed E-state index contributed by atoms with van der Waals surface area (Å²) >= 11 is 1.60. The van der Waals surface area contributed by atoms with Crippen LogP contribution in [-0.4, -0.2) is 48.0 Å². The van der Waals surface area contributed by atoms with Gasteiger partial charge in [0, 0.05) is 43.2 Å². The van der Waals surface area contributed by atoms with Crippen LogP contribution in [-0.2, 0) is 21.2 Å². The van der Waals surface area contributed by atoms with Crippen molar-refractivity contribution >= 4 is 39.0 Å². The first-order valence-corrected chi connectivity index (χ1v) is 14.6. The second kappa shape index (κ2) is 9.74. The van der Waals surface area contributed by atoms with E-state index in [1.54, 1.807) is 40.5 Å². The Bertz CT molecular complexity index is 1570. The van der Waals surface area contributed by atoms with Crippen molar-refractivity contribution in [1.82, 2.24) is 14.1 Å². The first kappa shape index (κ1) is 23.8. The van der Waals surface area contributed by atoms with E-state index < -0.39 is 10.0 Å². The molecular weight excluding hydrogens is 504 g/mol. The number of carbonyl (C=O) groups excluding carboxylic acids is 1. The Labute approximate surface area is 220 Å². The lowest BCUT2D eigenvalue weighted by molar-refractivity contribution is -0.114. The SMILES string of the molecule is O=C(/C=C/c1cn(-c2ccccc2)nc1-c1cccs1)N1CCc2ccc(S(=O)(=O)N3CCCC3)cc21. The van der Waals surface area contributed by atoms with Crippen LogP contribution in [0.4, 0.5) is 5.69 Å². The molecule has 1 saturated heterocycles. The lowest BCUT2D eigenvalue weighted by atomic mass is 10.2. The van der Waals surface area contributed by atoms with E-state index in [-0.39, 0.29) is 10.8 Å². The highest BCUT2D eigenvalue weighted by molar-refractivity contribution is 7.89. The Kier molecular flexibility index (Phi) is 6.27. The number of carbonyl (C=O) groups is 1. The van der Waals surface area contributed by atoms with Gasteiger partial charge in [-0.3, -0.25) is 4.79 Å². The highest BCUT2D eigenvalue weighted by atomic mass is 32.2. The first-order chi connectivity index (χ1) is 18.0. The molecule has 7 nitrogen and oxygen atoms in total. The van der Waals surface area contributed by atoms with Gasteiger partial charge in [0.2, 0.25) is 10.0 Å². The first-order valence-electron chi connectivity index (χ1n) is 12.3. The summed E-state index contributed by atoms with van der Waals surface area (Å²) in [4.78, 5) is 16.3. The van der Waals surface area contributed by atoms with Crippen LogP contribution in [0, 0.1) is 0 Å². The number of sulfonamides is 1. The van der Waals surface area contributed by atoms with Gasteiger partial charge in [-0.25, -0.2) is 13.1 Å². The van der Waals surface area contributed by atoms with Gasteiger partial charge >= 0.3 is 0 Å². The van der Waals surface area contributed by atoms with Gasteiger partial charge in [-0.2, -0.15) is 9.40 Å². The zero-order valence-corrected chi connectivity index (χ0v) is 21.8. The van der Waals surface area contributed by atoms with Gasteiger partial charge in [0.05, 0.1) is 15.5 Å². The maximum absolute atomic E-state index is 13.3. The van der Waals surface area contributed by atoms with Crippen molar-refractivity contribution < 1.29 is 13.2 Å². The van der Waals surface area contributed by atoms with Crippen molar-refractivity contribution in [2.24, 2.45) is 0 Å². The number of anilines is 1. The summed E-state index contributed by atoms with van der Waals surface area (Å²) in [6, 6.07) is 19.0. The van der Waals surface area contributed by atoms with Gasteiger partial charge in [-0.1, -0.05) is 30.3 Å². The molecule has 0 radical (unpaired) electrons. The molecule has 4 aromatic rings. The van der Waals surface area contributed by atoms with Gasteiger partial charge in [0.25, 0.3) is 5.91 Å². The molecule has 4 heterocycles. The fourth-order valence-corrected chi connectivity index (χ4v) is 7.17. The molecule has 188 valence electrons. The monoisotopic (exact) mass is 530 g/mol. The number of thiophene rings is 1. The number of rotatable bonds is 6. The Hall–Kier alpha value is -3.53. The molecule has 2 aromatic carbocycles. The Balaban J connectivity index is 1.29. The molecule has 37 heavy (non-hydrogen) atoms. The van der Waals surface area contributed by atoms with Crippen LogP contribution in [0.1, 0.15) is 24.0 Å². The molecule has 2 aromatic heterocycles. The molecule has 0 N–H and O–H groups in total. The molecule has 0 unspecified atom stereocenters. The molecule has 0 spiro atoms. The second-order valence-electron chi connectivity index (χ2n) is 9.17. The largest absolute Gasteiger partial charge is 0.308 e. The van der Waals surface area contributed by atoms with Crippen LogP contribution < -0.4 is 4.90 Å². The molecule has 0 atom stereocenters. The van der Waals surface area contributed by atoms with Crippen molar-refractivity contribution in [3.63, 3.8) is 0 Å². The van der Waals surface area contributed by atoms with Gasteiger partial charge in [-0.15, -0.1) is 11.3 Å². The quantitative estimate of drug-likeness (QED) is 0.329.